The number of hydrogen-bond donors (Lipinski definition) is 1. The Kier molecular flexibility index (Phi) is 3.32. The Labute approximate surface area is 105 Å². The van der Waals surface area contributed by atoms with Crippen LogP contribution in [0.5, 0.6) is 0 Å². The molecule has 0 aliphatic heterocycles. The molecule has 0 bridgehead atoms. The summed E-state index contributed by atoms with van der Waals surface area (Å²) in [7, 11) is 0. The number of benzene rings is 2. The number of nitriles is 1. The van der Waals surface area contributed by atoms with Gasteiger partial charge in [-0.15, -0.1) is 0 Å². The Morgan fingerprint density at radius 1 is 1.12 bits per heavy atom. The lowest BCUT2D eigenvalue weighted by molar-refractivity contribution is 1.39. The van der Waals surface area contributed by atoms with Crippen LogP contribution in [0.3, 0.4) is 0 Å². The second kappa shape index (κ2) is 4.90. The van der Waals surface area contributed by atoms with E-state index in [9.17, 15) is 0 Å². The van der Waals surface area contributed by atoms with Crippen molar-refractivity contribution in [2.75, 3.05) is 5.32 Å². The van der Waals surface area contributed by atoms with E-state index in [-0.39, 0.29) is 0 Å². The maximum atomic E-state index is 9.07. The van der Waals surface area contributed by atoms with Crippen molar-refractivity contribution >= 4 is 23.0 Å². The van der Waals surface area contributed by atoms with Crippen molar-refractivity contribution in [1.82, 2.24) is 0 Å². The standard InChI is InChI=1S/C14H11ClN2/c1-10-5-4-6-11(9-16)14(10)17-13-8-3-2-7-12(13)15/h2-8,17H,1H3. The summed E-state index contributed by atoms with van der Waals surface area (Å²) in [5, 5.41) is 12.9. The average Bonchev–Trinajstić information content (AvgIpc) is 2.34. The van der Waals surface area contributed by atoms with Gasteiger partial charge in [0.1, 0.15) is 6.07 Å². The smallest absolute Gasteiger partial charge is 0.101 e. The van der Waals surface area contributed by atoms with E-state index in [2.05, 4.69) is 11.4 Å². The van der Waals surface area contributed by atoms with Crippen LogP contribution in [0.1, 0.15) is 11.1 Å². The van der Waals surface area contributed by atoms with Crippen molar-refractivity contribution in [2.45, 2.75) is 6.92 Å². The zero-order valence-electron chi connectivity index (χ0n) is 9.37. The van der Waals surface area contributed by atoms with Crippen molar-refractivity contribution in [3.05, 3.63) is 58.6 Å². The molecule has 3 heteroatoms. The van der Waals surface area contributed by atoms with E-state index in [1.807, 2.05) is 43.3 Å². The van der Waals surface area contributed by atoms with Gasteiger partial charge in [-0.25, -0.2) is 0 Å². The highest BCUT2D eigenvalue weighted by Gasteiger charge is 2.06. The van der Waals surface area contributed by atoms with E-state index in [0.717, 1.165) is 16.9 Å². The normalized spacial score (nSPS) is 9.71. The number of nitrogens with one attached hydrogen (secondary N) is 1. The van der Waals surface area contributed by atoms with E-state index in [0.29, 0.717) is 10.6 Å². The third kappa shape index (κ3) is 2.41. The van der Waals surface area contributed by atoms with E-state index < -0.39 is 0 Å². The van der Waals surface area contributed by atoms with E-state index in [4.69, 9.17) is 16.9 Å². The summed E-state index contributed by atoms with van der Waals surface area (Å²) >= 11 is 6.08. The van der Waals surface area contributed by atoms with Gasteiger partial charge < -0.3 is 5.32 Å². The first kappa shape index (κ1) is 11.5. The molecule has 0 aliphatic carbocycles. The number of para-hydroxylation sites is 2. The predicted octanol–water partition coefficient (Wildman–Crippen LogP) is 4.26. The molecule has 2 aromatic rings. The van der Waals surface area contributed by atoms with E-state index >= 15 is 0 Å². The summed E-state index contributed by atoms with van der Waals surface area (Å²) < 4.78 is 0. The van der Waals surface area contributed by atoms with Gasteiger partial charge in [0.2, 0.25) is 0 Å². The number of aryl methyl sites for hydroxylation is 1. The molecule has 0 aliphatic rings. The molecular formula is C14H11ClN2. The lowest BCUT2D eigenvalue weighted by atomic mass is 10.1. The first-order chi connectivity index (χ1) is 8.22. The molecule has 0 aromatic heterocycles. The fourth-order valence-electron chi connectivity index (χ4n) is 1.62. The maximum absolute atomic E-state index is 9.07. The first-order valence-corrected chi connectivity index (χ1v) is 5.61. The molecule has 0 saturated carbocycles. The van der Waals surface area contributed by atoms with E-state index in [1.54, 1.807) is 6.07 Å². The van der Waals surface area contributed by atoms with Gasteiger partial charge in [-0.2, -0.15) is 5.26 Å². The minimum absolute atomic E-state index is 0.616. The fraction of sp³-hybridized carbons (Fsp3) is 0.0714. The summed E-state index contributed by atoms with van der Waals surface area (Å²) in [6.07, 6.45) is 0. The topological polar surface area (TPSA) is 35.8 Å². The third-order valence-electron chi connectivity index (χ3n) is 2.53. The molecular weight excluding hydrogens is 232 g/mol. The molecule has 84 valence electrons. The highest BCUT2D eigenvalue weighted by molar-refractivity contribution is 6.33. The van der Waals surface area contributed by atoms with Crippen LogP contribution in [0.25, 0.3) is 0 Å². The van der Waals surface area contributed by atoms with Crippen LogP contribution in [0.15, 0.2) is 42.5 Å². The van der Waals surface area contributed by atoms with Crippen LogP contribution in [-0.4, -0.2) is 0 Å². The summed E-state index contributed by atoms with van der Waals surface area (Å²) in [4.78, 5) is 0. The predicted molar refractivity (Wildman–Crippen MR) is 70.6 cm³/mol. The highest BCUT2D eigenvalue weighted by Crippen LogP contribution is 2.28. The van der Waals surface area contributed by atoms with Gasteiger partial charge in [-0.05, 0) is 30.7 Å². The summed E-state index contributed by atoms with van der Waals surface area (Å²) in [6, 6.07) is 15.3. The van der Waals surface area contributed by atoms with Crippen LogP contribution in [0, 0.1) is 18.3 Å². The fourth-order valence-corrected chi connectivity index (χ4v) is 1.81. The Morgan fingerprint density at radius 2 is 1.88 bits per heavy atom. The lowest BCUT2D eigenvalue weighted by Crippen LogP contribution is -1.96. The second-order valence-electron chi connectivity index (χ2n) is 3.71. The molecule has 0 unspecified atom stereocenters. The number of hydrogen-bond acceptors (Lipinski definition) is 2. The molecule has 0 saturated heterocycles. The number of anilines is 2. The quantitative estimate of drug-likeness (QED) is 0.854. The Hall–Kier alpha value is -1.98. The Balaban J connectivity index is 2.44. The van der Waals surface area contributed by atoms with Gasteiger partial charge in [-0.1, -0.05) is 35.9 Å². The average molecular weight is 243 g/mol. The van der Waals surface area contributed by atoms with Crippen molar-refractivity contribution in [2.24, 2.45) is 0 Å². The monoisotopic (exact) mass is 242 g/mol. The summed E-state index contributed by atoms with van der Waals surface area (Å²) in [5.41, 5.74) is 3.25. The van der Waals surface area contributed by atoms with Crippen molar-refractivity contribution in [3.8, 4) is 6.07 Å². The molecule has 2 rings (SSSR count). The Morgan fingerprint density at radius 3 is 2.59 bits per heavy atom. The third-order valence-corrected chi connectivity index (χ3v) is 2.86. The molecule has 2 aromatic carbocycles. The van der Waals surface area contributed by atoms with Crippen LogP contribution in [-0.2, 0) is 0 Å². The van der Waals surface area contributed by atoms with Gasteiger partial charge in [0, 0.05) is 0 Å². The van der Waals surface area contributed by atoms with Gasteiger partial charge in [0.25, 0.3) is 0 Å². The van der Waals surface area contributed by atoms with Crippen molar-refractivity contribution in [1.29, 1.82) is 5.26 Å². The van der Waals surface area contributed by atoms with Gasteiger partial charge >= 0.3 is 0 Å². The van der Waals surface area contributed by atoms with Gasteiger partial charge in [-0.3, -0.25) is 0 Å². The Bertz CT molecular complexity index is 585. The first-order valence-electron chi connectivity index (χ1n) is 5.23. The minimum Gasteiger partial charge on any atom is -0.353 e. The molecule has 2 nitrogen and oxygen atoms in total. The lowest BCUT2D eigenvalue weighted by Gasteiger charge is -2.12. The molecule has 0 heterocycles. The van der Waals surface area contributed by atoms with Crippen LogP contribution >= 0.6 is 11.6 Å². The molecule has 1 N–H and O–H groups in total. The highest BCUT2D eigenvalue weighted by atomic mass is 35.5. The molecule has 0 atom stereocenters. The molecule has 0 amide bonds. The molecule has 17 heavy (non-hydrogen) atoms. The second-order valence-corrected chi connectivity index (χ2v) is 4.12. The maximum Gasteiger partial charge on any atom is 0.101 e. The minimum atomic E-state index is 0.616. The number of halogens is 1. The van der Waals surface area contributed by atoms with Gasteiger partial charge in [0.05, 0.1) is 22.0 Å². The zero-order valence-corrected chi connectivity index (χ0v) is 10.1. The number of nitrogens with zero attached hydrogens (tertiary/aromatic N) is 1. The SMILES string of the molecule is Cc1cccc(C#N)c1Nc1ccccc1Cl. The molecule has 0 radical (unpaired) electrons. The van der Waals surface area contributed by atoms with Crippen molar-refractivity contribution in [3.63, 3.8) is 0 Å². The van der Waals surface area contributed by atoms with Crippen LogP contribution in [0.2, 0.25) is 5.02 Å². The zero-order chi connectivity index (χ0) is 12.3. The molecule has 0 fully saturated rings. The summed E-state index contributed by atoms with van der Waals surface area (Å²) in [5.74, 6) is 0. The largest absolute Gasteiger partial charge is 0.353 e. The van der Waals surface area contributed by atoms with Crippen LogP contribution < -0.4 is 5.32 Å². The van der Waals surface area contributed by atoms with Crippen molar-refractivity contribution < 1.29 is 0 Å². The van der Waals surface area contributed by atoms with Gasteiger partial charge in [0.15, 0.2) is 0 Å². The van der Waals surface area contributed by atoms with E-state index in [1.165, 1.54) is 0 Å². The van der Waals surface area contributed by atoms with Crippen LogP contribution in [0.4, 0.5) is 11.4 Å². The molecule has 0 spiro atoms. The summed E-state index contributed by atoms with van der Waals surface area (Å²) in [6.45, 7) is 1.96. The number of rotatable bonds is 2.